The molecule has 0 saturated heterocycles. The number of aromatic nitrogens is 1. The maximum absolute atomic E-state index is 9.80. The summed E-state index contributed by atoms with van der Waals surface area (Å²) in [5.74, 6) is 1.39. The molecule has 0 atom stereocenters. The lowest BCUT2D eigenvalue weighted by Gasteiger charge is -2.16. The Morgan fingerprint density at radius 2 is 1.61 bits per heavy atom. The Hall–Kier alpha value is -4.30. The summed E-state index contributed by atoms with van der Waals surface area (Å²) >= 11 is 0. The number of benzene rings is 3. The Morgan fingerprint density at radius 3 is 2.29 bits per heavy atom. The lowest BCUT2D eigenvalue weighted by molar-refractivity contribution is 0.284. The Balaban J connectivity index is 1.77. The van der Waals surface area contributed by atoms with Crippen molar-refractivity contribution in [2.24, 2.45) is 0 Å². The minimum absolute atomic E-state index is 0.195. The van der Waals surface area contributed by atoms with Gasteiger partial charge in [0.05, 0.1) is 7.11 Å². The quantitative estimate of drug-likeness (QED) is 0.459. The van der Waals surface area contributed by atoms with Crippen molar-refractivity contribution in [1.29, 1.82) is 5.26 Å². The first-order chi connectivity index (χ1) is 15.2. The molecule has 5 heteroatoms. The second-order valence-electron chi connectivity index (χ2n) is 6.92. The third-order valence-corrected chi connectivity index (χ3v) is 4.99. The van der Waals surface area contributed by atoms with Gasteiger partial charge in [0.1, 0.15) is 24.1 Å². The number of methoxy groups -OCH3 is 1. The molecule has 31 heavy (non-hydrogen) atoms. The van der Waals surface area contributed by atoms with E-state index in [1.54, 1.807) is 13.3 Å². The van der Waals surface area contributed by atoms with Gasteiger partial charge in [-0.15, -0.1) is 0 Å². The van der Waals surface area contributed by atoms with E-state index >= 15 is 0 Å². The summed E-state index contributed by atoms with van der Waals surface area (Å²) in [6.07, 6.45) is 1.70. The standard InChI is InChI=1S/C26H21N3O2/c1-30-24-14-20(12-13-23(24)31-17-18-8-4-2-5-9-18)25-21(15-27)26(28)29-16-22(25)19-10-6-3-7-11-19/h2-14,16H,17H2,1H3,(H2,28,29). The zero-order valence-corrected chi connectivity index (χ0v) is 17.1. The van der Waals surface area contributed by atoms with Crippen molar-refractivity contribution >= 4 is 5.82 Å². The normalized spacial score (nSPS) is 10.3. The molecular weight excluding hydrogens is 386 g/mol. The van der Waals surface area contributed by atoms with Gasteiger partial charge in [-0.05, 0) is 28.8 Å². The van der Waals surface area contributed by atoms with E-state index in [0.717, 1.165) is 22.3 Å². The SMILES string of the molecule is COc1cc(-c2c(-c3ccccc3)cnc(N)c2C#N)ccc1OCc1ccccc1. The van der Waals surface area contributed by atoms with Crippen LogP contribution in [0.4, 0.5) is 5.82 Å². The molecule has 1 heterocycles. The van der Waals surface area contributed by atoms with Crippen molar-refractivity contribution in [2.45, 2.75) is 6.61 Å². The highest BCUT2D eigenvalue weighted by molar-refractivity contribution is 5.90. The van der Waals surface area contributed by atoms with Crippen molar-refractivity contribution in [3.8, 4) is 39.8 Å². The van der Waals surface area contributed by atoms with E-state index in [-0.39, 0.29) is 5.82 Å². The van der Waals surface area contributed by atoms with E-state index < -0.39 is 0 Å². The first kappa shape index (κ1) is 20.0. The average molecular weight is 407 g/mol. The molecule has 0 aliphatic rings. The van der Waals surface area contributed by atoms with Gasteiger partial charge in [0.15, 0.2) is 11.5 Å². The van der Waals surface area contributed by atoms with Crippen LogP contribution in [-0.4, -0.2) is 12.1 Å². The third kappa shape index (κ3) is 4.19. The summed E-state index contributed by atoms with van der Waals surface area (Å²) in [6.45, 7) is 0.428. The summed E-state index contributed by atoms with van der Waals surface area (Å²) in [6, 6.07) is 27.6. The Labute approximate surface area is 181 Å². The minimum Gasteiger partial charge on any atom is -0.493 e. The van der Waals surface area contributed by atoms with E-state index in [0.29, 0.717) is 29.2 Å². The smallest absolute Gasteiger partial charge is 0.161 e. The second-order valence-corrected chi connectivity index (χ2v) is 6.92. The first-order valence-corrected chi connectivity index (χ1v) is 9.80. The Morgan fingerprint density at radius 1 is 0.903 bits per heavy atom. The van der Waals surface area contributed by atoms with Crippen LogP contribution in [0, 0.1) is 11.3 Å². The van der Waals surface area contributed by atoms with E-state index in [2.05, 4.69) is 11.1 Å². The molecule has 4 aromatic rings. The van der Waals surface area contributed by atoms with Crippen LogP contribution in [0.5, 0.6) is 11.5 Å². The van der Waals surface area contributed by atoms with Crippen LogP contribution in [0.15, 0.2) is 85.1 Å². The fourth-order valence-electron chi connectivity index (χ4n) is 3.45. The lowest BCUT2D eigenvalue weighted by Crippen LogP contribution is -2.01. The number of nitrogens with zero attached hydrogens (tertiary/aromatic N) is 2. The lowest BCUT2D eigenvalue weighted by atomic mass is 9.92. The predicted octanol–water partition coefficient (Wildman–Crippen LogP) is 5.46. The molecule has 2 N–H and O–H groups in total. The van der Waals surface area contributed by atoms with Crippen LogP contribution in [-0.2, 0) is 6.61 Å². The Bertz CT molecular complexity index is 1230. The van der Waals surface area contributed by atoms with Gasteiger partial charge in [-0.2, -0.15) is 5.26 Å². The molecule has 0 bridgehead atoms. The van der Waals surface area contributed by atoms with Gasteiger partial charge in [0.2, 0.25) is 0 Å². The van der Waals surface area contributed by atoms with E-state index in [9.17, 15) is 5.26 Å². The van der Waals surface area contributed by atoms with Gasteiger partial charge in [-0.1, -0.05) is 66.7 Å². The monoisotopic (exact) mass is 407 g/mol. The van der Waals surface area contributed by atoms with E-state index in [1.807, 2.05) is 78.9 Å². The molecule has 3 aromatic carbocycles. The molecule has 0 amide bonds. The molecule has 152 valence electrons. The number of hydrogen-bond donors (Lipinski definition) is 1. The summed E-state index contributed by atoms with van der Waals surface area (Å²) in [4.78, 5) is 4.23. The Kier molecular flexibility index (Phi) is 5.82. The summed E-state index contributed by atoms with van der Waals surface area (Å²) < 4.78 is 11.6. The number of anilines is 1. The number of rotatable bonds is 6. The van der Waals surface area contributed by atoms with Crippen LogP contribution < -0.4 is 15.2 Å². The molecule has 0 aliphatic heterocycles. The third-order valence-electron chi connectivity index (χ3n) is 4.99. The summed E-state index contributed by atoms with van der Waals surface area (Å²) in [5.41, 5.74) is 10.7. The molecular formula is C26H21N3O2. The number of nitrogen functional groups attached to an aromatic ring is 1. The fraction of sp³-hybridized carbons (Fsp3) is 0.0769. The number of hydrogen-bond acceptors (Lipinski definition) is 5. The largest absolute Gasteiger partial charge is 0.493 e. The molecule has 0 unspecified atom stereocenters. The number of pyridine rings is 1. The maximum atomic E-state index is 9.80. The van der Waals surface area contributed by atoms with Gasteiger partial charge in [0, 0.05) is 17.3 Å². The highest BCUT2D eigenvalue weighted by Crippen LogP contribution is 2.40. The molecule has 4 rings (SSSR count). The minimum atomic E-state index is 0.195. The topological polar surface area (TPSA) is 81.2 Å². The molecule has 1 aromatic heterocycles. The van der Waals surface area contributed by atoms with Crippen molar-refractivity contribution in [1.82, 2.24) is 4.98 Å². The summed E-state index contributed by atoms with van der Waals surface area (Å²) in [7, 11) is 1.60. The van der Waals surface area contributed by atoms with Gasteiger partial charge >= 0.3 is 0 Å². The molecule has 5 nitrogen and oxygen atoms in total. The zero-order valence-electron chi connectivity index (χ0n) is 17.1. The van der Waals surface area contributed by atoms with Crippen LogP contribution in [0.3, 0.4) is 0 Å². The van der Waals surface area contributed by atoms with E-state index in [4.69, 9.17) is 15.2 Å². The average Bonchev–Trinajstić information content (AvgIpc) is 2.83. The van der Waals surface area contributed by atoms with Gasteiger partial charge in [0.25, 0.3) is 0 Å². The molecule has 0 saturated carbocycles. The number of ether oxygens (including phenoxy) is 2. The predicted molar refractivity (Wildman–Crippen MR) is 122 cm³/mol. The summed E-state index contributed by atoms with van der Waals surface area (Å²) in [5, 5.41) is 9.80. The highest BCUT2D eigenvalue weighted by atomic mass is 16.5. The maximum Gasteiger partial charge on any atom is 0.161 e. The molecule has 0 fully saturated rings. The van der Waals surface area contributed by atoms with E-state index in [1.165, 1.54) is 0 Å². The van der Waals surface area contributed by atoms with Crippen molar-refractivity contribution in [3.63, 3.8) is 0 Å². The number of nitriles is 1. The van der Waals surface area contributed by atoms with Crippen LogP contribution in [0.25, 0.3) is 22.3 Å². The van der Waals surface area contributed by atoms with Crippen molar-refractivity contribution < 1.29 is 9.47 Å². The number of nitrogens with two attached hydrogens (primary N) is 1. The molecule has 0 spiro atoms. The second kappa shape index (κ2) is 9.02. The molecule has 0 aliphatic carbocycles. The van der Waals surface area contributed by atoms with Crippen LogP contribution >= 0.6 is 0 Å². The fourth-order valence-corrected chi connectivity index (χ4v) is 3.45. The van der Waals surface area contributed by atoms with Crippen LogP contribution in [0.2, 0.25) is 0 Å². The van der Waals surface area contributed by atoms with Gasteiger partial charge in [-0.25, -0.2) is 4.98 Å². The van der Waals surface area contributed by atoms with Crippen molar-refractivity contribution in [3.05, 3.63) is 96.2 Å². The first-order valence-electron chi connectivity index (χ1n) is 9.80. The molecule has 0 radical (unpaired) electrons. The van der Waals surface area contributed by atoms with Crippen molar-refractivity contribution in [2.75, 3.05) is 12.8 Å². The highest BCUT2D eigenvalue weighted by Gasteiger charge is 2.18. The zero-order chi connectivity index (χ0) is 21.6. The van der Waals surface area contributed by atoms with Crippen LogP contribution in [0.1, 0.15) is 11.1 Å². The van der Waals surface area contributed by atoms with Gasteiger partial charge in [-0.3, -0.25) is 0 Å². The van der Waals surface area contributed by atoms with Gasteiger partial charge < -0.3 is 15.2 Å².